The van der Waals surface area contributed by atoms with Gasteiger partial charge < -0.3 is 5.32 Å². The van der Waals surface area contributed by atoms with E-state index in [9.17, 15) is 9.18 Å². The summed E-state index contributed by atoms with van der Waals surface area (Å²) in [5.74, 6) is -0.466. The number of halogens is 1. The van der Waals surface area contributed by atoms with Crippen LogP contribution in [-0.2, 0) is 11.2 Å². The van der Waals surface area contributed by atoms with Crippen molar-refractivity contribution in [3.63, 3.8) is 0 Å². The highest BCUT2D eigenvalue weighted by Crippen LogP contribution is 2.04. The second kappa shape index (κ2) is 7.19. The van der Waals surface area contributed by atoms with Crippen molar-refractivity contribution < 1.29 is 9.18 Å². The van der Waals surface area contributed by atoms with Gasteiger partial charge in [0.15, 0.2) is 0 Å². The monoisotopic (exact) mass is 270 g/mol. The Hall–Kier alpha value is -2.49. The quantitative estimate of drug-likeness (QED) is 0.848. The van der Waals surface area contributed by atoms with Crippen LogP contribution in [0, 0.1) is 5.82 Å². The minimum atomic E-state index is -0.290. The maximum atomic E-state index is 12.7. The molecule has 1 aromatic heterocycles. The first kappa shape index (κ1) is 13.9. The number of carbonyl (C=O) groups excluding carboxylic acids is 1. The zero-order chi connectivity index (χ0) is 14.2. The maximum Gasteiger partial charge on any atom is 0.244 e. The average Bonchev–Trinajstić information content (AvgIpc) is 2.48. The second-order valence-electron chi connectivity index (χ2n) is 4.25. The molecule has 0 aliphatic carbocycles. The molecule has 1 heterocycles. The van der Waals surface area contributed by atoms with Gasteiger partial charge in [-0.3, -0.25) is 9.78 Å². The zero-order valence-electron chi connectivity index (χ0n) is 10.9. The molecule has 2 aromatic rings. The molecule has 0 aliphatic heterocycles. The molecule has 3 nitrogen and oxygen atoms in total. The highest BCUT2D eigenvalue weighted by Gasteiger charge is 1.97. The van der Waals surface area contributed by atoms with E-state index in [1.165, 1.54) is 18.2 Å². The SMILES string of the molecule is O=C(/C=C/c1ccc(F)cc1)NCCc1ccccn1. The van der Waals surface area contributed by atoms with Crippen LogP contribution in [0.25, 0.3) is 6.08 Å². The fourth-order valence-corrected chi connectivity index (χ4v) is 1.66. The number of hydrogen-bond acceptors (Lipinski definition) is 2. The van der Waals surface area contributed by atoms with Crippen LogP contribution in [0.2, 0.25) is 0 Å². The van der Waals surface area contributed by atoms with E-state index in [0.717, 1.165) is 11.3 Å². The zero-order valence-corrected chi connectivity index (χ0v) is 10.9. The van der Waals surface area contributed by atoms with Crippen molar-refractivity contribution in [2.75, 3.05) is 6.54 Å². The predicted octanol–water partition coefficient (Wildman–Crippen LogP) is 2.59. The molecule has 1 amide bonds. The third-order valence-corrected chi connectivity index (χ3v) is 2.70. The van der Waals surface area contributed by atoms with Crippen molar-refractivity contribution in [1.29, 1.82) is 0 Å². The first-order valence-corrected chi connectivity index (χ1v) is 6.35. The number of pyridine rings is 1. The van der Waals surface area contributed by atoms with Crippen LogP contribution in [-0.4, -0.2) is 17.4 Å². The van der Waals surface area contributed by atoms with Gasteiger partial charge in [-0.2, -0.15) is 0 Å². The molecule has 0 atom stereocenters. The average molecular weight is 270 g/mol. The molecule has 0 saturated carbocycles. The van der Waals surface area contributed by atoms with Crippen LogP contribution in [0.1, 0.15) is 11.3 Å². The van der Waals surface area contributed by atoms with E-state index in [4.69, 9.17) is 0 Å². The molecule has 0 saturated heterocycles. The van der Waals surface area contributed by atoms with Crippen molar-refractivity contribution in [2.45, 2.75) is 6.42 Å². The largest absolute Gasteiger partial charge is 0.352 e. The Morgan fingerprint density at radius 1 is 1.20 bits per heavy atom. The van der Waals surface area contributed by atoms with Crippen molar-refractivity contribution in [3.05, 3.63) is 71.8 Å². The van der Waals surface area contributed by atoms with Gasteiger partial charge in [-0.05, 0) is 35.9 Å². The number of hydrogen-bond donors (Lipinski definition) is 1. The lowest BCUT2D eigenvalue weighted by Gasteiger charge is -2.01. The normalized spacial score (nSPS) is 10.7. The lowest BCUT2D eigenvalue weighted by atomic mass is 10.2. The molecule has 0 fully saturated rings. The number of carbonyl (C=O) groups is 1. The van der Waals surface area contributed by atoms with Gasteiger partial charge in [-0.15, -0.1) is 0 Å². The summed E-state index contributed by atoms with van der Waals surface area (Å²) in [4.78, 5) is 15.8. The molecular weight excluding hydrogens is 255 g/mol. The van der Waals surface area contributed by atoms with E-state index in [2.05, 4.69) is 10.3 Å². The number of nitrogens with zero attached hydrogens (tertiary/aromatic N) is 1. The van der Waals surface area contributed by atoms with Crippen molar-refractivity contribution in [2.24, 2.45) is 0 Å². The first-order chi connectivity index (χ1) is 9.74. The smallest absolute Gasteiger partial charge is 0.244 e. The van der Waals surface area contributed by atoms with Crippen LogP contribution in [0.15, 0.2) is 54.7 Å². The molecule has 0 spiro atoms. The number of benzene rings is 1. The summed E-state index contributed by atoms with van der Waals surface area (Å²) in [7, 11) is 0. The molecule has 4 heteroatoms. The molecule has 20 heavy (non-hydrogen) atoms. The Balaban J connectivity index is 1.76. The van der Waals surface area contributed by atoms with Gasteiger partial charge in [0.2, 0.25) is 5.91 Å². The fourth-order valence-electron chi connectivity index (χ4n) is 1.66. The van der Waals surface area contributed by atoms with Crippen molar-refractivity contribution in [3.8, 4) is 0 Å². The Morgan fingerprint density at radius 3 is 2.70 bits per heavy atom. The summed E-state index contributed by atoms with van der Waals surface area (Å²) in [6.07, 6.45) is 5.50. The Bertz CT molecular complexity index is 579. The topological polar surface area (TPSA) is 42.0 Å². The second-order valence-corrected chi connectivity index (χ2v) is 4.25. The van der Waals surface area contributed by atoms with Crippen LogP contribution >= 0.6 is 0 Å². The predicted molar refractivity (Wildman–Crippen MR) is 76.4 cm³/mol. The van der Waals surface area contributed by atoms with E-state index < -0.39 is 0 Å². The molecular formula is C16H15FN2O. The fraction of sp³-hybridized carbons (Fsp3) is 0.125. The van der Waals surface area contributed by atoms with Gasteiger partial charge in [-0.25, -0.2) is 4.39 Å². The first-order valence-electron chi connectivity index (χ1n) is 6.35. The molecule has 0 unspecified atom stereocenters. The van der Waals surface area contributed by atoms with Gasteiger partial charge in [0, 0.05) is 30.9 Å². The molecule has 2 rings (SSSR count). The minimum absolute atomic E-state index is 0.176. The van der Waals surface area contributed by atoms with Gasteiger partial charge >= 0.3 is 0 Å². The standard InChI is InChI=1S/C16H15FN2O/c17-14-7-4-13(5-8-14)6-9-16(20)19-12-10-15-3-1-2-11-18-15/h1-9,11H,10,12H2,(H,19,20)/b9-6+. The third-order valence-electron chi connectivity index (χ3n) is 2.70. The molecule has 0 radical (unpaired) electrons. The Labute approximate surface area is 117 Å². The van der Waals surface area contributed by atoms with Crippen molar-refractivity contribution in [1.82, 2.24) is 10.3 Å². The van der Waals surface area contributed by atoms with Gasteiger partial charge in [-0.1, -0.05) is 18.2 Å². The highest BCUT2D eigenvalue weighted by molar-refractivity contribution is 5.91. The van der Waals surface area contributed by atoms with Crippen LogP contribution in [0.3, 0.4) is 0 Å². The molecule has 0 bridgehead atoms. The van der Waals surface area contributed by atoms with E-state index in [-0.39, 0.29) is 11.7 Å². The molecule has 102 valence electrons. The number of rotatable bonds is 5. The third kappa shape index (κ3) is 4.65. The van der Waals surface area contributed by atoms with Gasteiger partial charge in [0.1, 0.15) is 5.82 Å². The summed E-state index contributed by atoms with van der Waals surface area (Å²) in [6.45, 7) is 0.531. The number of aromatic nitrogens is 1. The summed E-state index contributed by atoms with van der Waals surface area (Å²) in [6, 6.07) is 11.6. The Kier molecular flexibility index (Phi) is 5.00. The van der Waals surface area contributed by atoms with Crippen LogP contribution in [0.4, 0.5) is 4.39 Å². The van der Waals surface area contributed by atoms with E-state index >= 15 is 0 Å². The Morgan fingerprint density at radius 2 is 2.00 bits per heavy atom. The van der Waals surface area contributed by atoms with Crippen molar-refractivity contribution >= 4 is 12.0 Å². The lowest BCUT2D eigenvalue weighted by Crippen LogP contribution is -2.23. The maximum absolute atomic E-state index is 12.7. The van der Waals surface area contributed by atoms with Crippen LogP contribution < -0.4 is 5.32 Å². The summed E-state index contributed by atoms with van der Waals surface area (Å²) < 4.78 is 12.7. The van der Waals surface area contributed by atoms with Crippen LogP contribution in [0.5, 0.6) is 0 Å². The molecule has 1 aromatic carbocycles. The number of nitrogens with one attached hydrogen (secondary N) is 1. The van der Waals surface area contributed by atoms with Gasteiger partial charge in [0.25, 0.3) is 0 Å². The summed E-state index contributed by atoms with van der Waals surface area (Å²) >= 11 is 0. The van der Waals surface area contributed by atoms with E-state index in [1.807, 2.05) is 18.2 Å². The van der Waals surface area contributed by atoms with Gasteiger partial charge in [0.05, 0.1) is 0 Å². The minimum Gasteiger partial charge on any atom is -0.352 e. The number of amides is 1. The summed E-state index contributed by atoms with van der Waals surface area (Å²) in [5.41, 5.74) is 1.72. The van der Waals surface area contributed by atoms with E-state index in [0.29, 0.717) is 13.0 Å². The van der Waals surface area contributed by atoms with E-state index in [1.54, 1.807) is 24.4 Å². The summed E-state index contributed by atoms with van der Waals surface area (Å²) in [5, 5.41) is 2.77. The molecule has 0 aliphatic rings. The molecule has 1 N–H and O–H groups in total. The lowest BCUT2D eigenvalue weighted by molar-refractivity contribution is -0.116. The highest BCUT2D eigenvalue weighted by atomic mass is 19.1.